The Bertz CT molecular complexity index is 411. The topological polar surface area (TPSA) is 3.24 Å². The van der Waals surface area contributed by atoms with Crippen LogP contribution in [0.25, 0.3) is 0 Å². The van der Waals surface area contributed by atoms with Crippen molar-refractivity contribution < 1.29 is 4.39 Å². The molecular weight excluding hydrogens is 317 g/mol. The molecule has 0 bridgehead atoms. The molecule has 1 aromatic rings. The fourth-order valence-electron chi connectivity index (χ4n) is 2.63. The van der Waals surface area contributed by atoms with Gasteiger partial charge >= 0.3 is 0 Å². The minimum atomic E-state index is -0.267. The predicted octanol–water partition coefficient (Wildman–Crippen LogP) is 4.62. The zero-order valence-electron chi connectivity index (χ0n) is 10.5. The molecule has 0 spiro atoms. The van der Waals surface area contributed by atoms with Gasteiger partial charge in [0, 0.05) is 23.0 Å². The van der Waals surface area contributed by atoms with E-state index in [1.54, 1.807) is 6.07 Å². The predicted molar refractivity (Wildman–Crippen MR) is 77.8 cm³/mol. The second-order valence-electron chi connectivity index (χ2n) is 5.00. The smallest absolute Gasteiger partial charge is 0.146 e. The molecule has 1 nitrogen and oxygen atoms in total. The summed E-state index contributed by atoms with van der Waals surface area (Å²) in [7, 11) is 0. The van der Waals surface area contributed by atoms with Crippen molar-refractivity contribution in [3.63, 3.8) is 0 Å². The van der Waals surface area contributed by atoms with Crippen molar-refractivity contribution >= 4 is 27.5 Å². The number of alkyl halides is 1. The lowest BCUT2D eigenvalue weighted by atomic mass is 10.1. The Hall–Kier alpha value is -0.120. The first-order valence-corrected chi connectivity index (χ1v) is 7.68. The Morgan fingerprint density at radius 2 is 2.33 bits per heavy atom. The van der Waals surface area contributed by atoms with Crippen LogP contribution in [0.2, 0.25) is 5.02 Å². The Balaban J connectivity index is 2.06. The third-order valence-electron chi connectivity index (χ3n) is 3.50. The molecule has 1 heterocycles. The van der Waals surface area contributed by atoms with Crippen LogP contribution in [0.1, 0.15) is 31.7 Å². The van der Waals surface area contributed by atoms with E-state index in [1.165, 1.54) is 12.8 Å². The first-order valence-electron chi connectivity index (χ1n) is 6.39. The molecule has 1 aliphatic heterocycles. The Morgan fingerprint density at radius 3 is 3.06 bits per heavy atom. The fraction of sp³-hybridized carbons (Fsp3) is 0.571. The van der Waals surface area contributed by atoms with Crippen LogP contribution in [0, 0.1) is 5.82 Å². The molecule has 0 aliphatic carbocycles. The van der Waals surface area contributed by atoms with Crippen molar-refractivity contribution in [2.45, 2.75) is 43.6 Å². The van der Waals surface area contributed by atoms with E-state index in [4.69, 9.17) is 11.6 Å². The van der Waals surface area contributed by atoms with Gasteiger partial charge in [0.05, 0.1) is 5.02 Å². The van der Waals surface area contributed by atoms with Crippen LogP contribution < -0.4 is 0 Å². The second kappa shape index (κ2) is 6.36. The van der Waals surface area contributed by atoms with Crippen molar-refractivity contribution in [2.24, 2.45) is 0 Å². The summed E-state index contributed by atoms with van der Waals surface area (Å²) in [6, 6.07) is 5.80. The van der Waals surface area contributed by atoms with Gasteiger partial charge in [-0.25, -0.2) is 4.39 Å². The molecule has 0 radical (unpaired) electrons. The molecule has 2 unspecified atom stereocenters. The molecule has 100 valence electrons. The van der Waals surface area contributed by atoms with Gasteiger partial charge in [-0.3, -0.25) is 4.90 Å². The maximum atomic E-state index is 13.9. The molecule has 2 rings (SSSR count). The molecule has 18 heavy (non-hydrogen) atoms. The number of rotatable bonds is 4. The lowest BCUT2D eigenvalue weighted by Crippen LogP contribution is -2.30. The Kier molecular flexibility index (Phi) is 5.05. The molecular formula is C14H18BrClFN. The largest absolute Gasteiger partial charge is 0.296 e. The summed E-state index contributed by atoms with van der Waals surface area (Å²) < 4.78 is 13.9. The summed E-state index contributed by atoms with van der Waals surface area (Å²) in [6.07, 6.45) is 3.52. The summed E-state index contributed by atoms with van der Waals surface area (Å²) >= 11 is 9.42. The average molecular weight is 335 g/mol. The zero-order valence-corrected chi connectivity index (χ0v) is 12.8. The van der Waals surface area contributed by atoms with Gasteiger partial charge in [-0.1, -0.05) is 46.6 Å². The van der Waals surface area contributed by atoms with Gasteiger partial charge in [-0.05, 0) is 31.9 Å². The van der Waals surface area contributed by atoms with Crippen LogP contribution in [-0.2, 0) is 6.54 Å². The number of hydrogen-bond acceptors (Lipinski definition) is 1. The Labute approximate surface area is 121 Å². The normalized spacial score (nSPS) is 22.3. The van der Waals surface area contributed by atoms with E-state index in [0.717, 1.165) is 13.0 Å². The van der Waals surface area contributed by atoms with E-state index < -0.39 is 0 Å². The van der Waals surface area contributed by atoms with Crippen LogP contribution in [0.5, 0.6) is 0 Å². The summed E-state index contributed by atoms with van der Waals surface area (Å²) in [4.78, 5) is 2.87. The maximum absolute atomic E-state index is 13.9. The SMILES string of the molecule is CC(Br)CC1CCCN1Cc1cccc(Cl)c1F. The molecule has 1 aliphatic rings. The highest BCUT2D eigenvalue weighted by molar-refractivity contribution is 9.09. The number of benzene rings is 1. The van der Waals surface area contributed by atoms with E-state index in [2.05, 4.69) is 27.8 Å². The van der Waals surface area contributed by atoms with Crippen LogP contribution in [0.15, 0.2) is 18.2 Å². The molecule has 1 saturated heterocycles. The van der Waals surface area contributed by atoms with E-state index in [1.807, 2.05) is 12.1 Å². The number of hydrogen-bond donors (Lipinski definition) is 0. The molecule has 0 aromatic heterocycles. The summed E-state index contributed by atoms with van der Waals surface area (Å²) in [6.45, 7) is 3.88. The van der Waals surface area contributed by atoms with Gasteiger partial charge in [0.1, 0.15) is 5.82 Å². The first kappa shape index (κ1) is 14.3. The van der Waals surface area contributed by atoms with Crippen LogP contribution in [-0.4, -0.2) is 22.3 Å². The molecule has 4 heteroatoms. The van der Waals surface area contributed by atoms with Crippen LogP contribution in [0.3, 0.4) is 0 Å². The zero-order chi connectivity index (χ0) is 13.1. The molecule has 2 atom stereocenters. The third kappa shape index (κ3) is 3.46. The fourth-order valence-corrected chi connectivity index (χ4v) is 3.26. The quantitative estimate of drug-likeness (QED) is 0.726. The van der Waals surface area contributed by atoms with Crippen molar-refractivity contribution in [3.8, 4) is 0 Å². The third-order valence-corrected chi connectivity index (χ3v) is 4.17. The van der Waals surface area contributed by atoms with Crippen LogP contribution in [0.4, 0.5) is 4.39 Å². The van der Waals surface area contributed by atoms with Gasteiger partial charge < -0.3 is 0 Å². The highest BCUT2D eigenvalue weighted by Gasteiger charge is 2.26. The highest BCUT2D eigenvalue weighted by Crippen LogP contribution is 2.27. The van der Waals surface area contributed by atoms with Crippen molar-refractivity contribution in [1.29, 1.82) is 0 Å². The summed E-state index contributed by atoms with van der Waals surface area (Å²) in [5, 5.41) is 0.220. The van der Waals surface area contributed by atoms with Crippen molar-refractivity contribution in [1.82, 2.24) is 4.90 Å². The summed E-state index contributed by atoms with van der Waals surface area (Å²) in [5.41, 5.74) is 0.705. The highest BCUT2D eigenvalue weighted by atomic mass is 79.9. The first-order chi connectivity index (χ1) is 8.58. The van der Waals surface area contributed by atoms with E-state index in [9.17, 15) is 4.39 Å². The monoisotopic (exact) mass is 333 g/mol. The lowest BCUT2D eigenvalue weighted by molar-refractivity contribution is 0.232. The maximum Gasteiger partial charge on any atom is 0.146 e. The average Bonchev–Trinajstić information content (AvgIpc) is 2.72. The molecule has 0 N–H and O–H groups in total. The minimum Gasteiger partial charge on any atom is -0.296 e. The van der Waals surface area contributed by atoms with Crippen LogP contribution >= 0.6 is 27.5 Å². The van der Waals surface area contributed by atoms with Gasteiger partial charge in [0.15, 0.2) is 0 Å². The van der Waals surface area contributed by atoms with Gasteiger partial charge in [-0.2, -0.15) is 0 Å². The molecule has 1 aromatic carbocycles. The van der Waals surface area contributed by atoms with E-state index in [-0.39, 0.29) is 10.8 Å². The van der Waals surface area contributed by atoms with Crippen molar-refractivity contribution in [3.05, 3.63) is 34.6 Å². The molecule has 0 amide bonds. The lowest BCUT2D eigenvalue weighted by Gasteiger charge is -2.25. The van der Waals surface area contributed by atoms with Gasteiger partial charge in [0.25, 0.3) is 0 Å². The summed E-state index contributed by atoms with van der Waals surface area (Å²) in [5.74, 6) is -0.267. The van der Waals surface area contributed by atoms with Gasteiger partial charge in [-0.15, -0.1) is 0 Å². The number of nitrogens with zero attached hydrogens (tertiary/aromatic N) is 1. The Morgan fingerprint density at radius 1 is 1.56 bits per heavy atom. The van der Waals surface area contributed by atoms with Crippen molar-refractivity contribution in [2.75, 3.05) is 6.54 Å². The molecule has 1 fully saturated rings. The second-order valence-corrected chi connectivity index (χ2v) is 6.97. The van der Waals surface area contributed by atoms with E-state index >= 15 is 0 Å². The molecule has 0 saturated carbocycles. The minimum absolute atomic E-state index is 0.220. The number of halogens is 3. The number of likely N-dealkylation sites (tertiary alicyclic amines) is 1. The standard InChI is InChI=1S/C14H18BrClFN/c1-10(15)8-12-5-3-7-18(12)9-11-4-2-6-13(16)14(11)17/h2,4,6,10,12H,3,5,7-9H2,1H3. The van der Waals surface area contributed by atoms with Gasteiger partial charge in [0.2, 0.25) is 0 Å². The van der Waals surface area contributed by atoms with E-state index in [0.29, 0.717) is 23.0 Å².